The second-order valence-corrected chi connectivity index (χ2v) is 13.2. The van der Waals surface area contributed by atoms with E-state index in [9.17, 15) is 0 Å². The average molecular weight is 678 g/mol. The fourth-order valence-electron chi connectivity index (χ4n) is 7.20. The Labute approximate surface area is 306 Å². The fraction of sp³-hybridized carbons (Fsp3) is 0. The van der Waals surface area contributed by atoms with Crippen molar-refractivity contribution in [1.29, 1.82) is 0 Å². The number of hydrogen-bond donors (Lipinski definition) is 0. The highest BCUT2D eigenvalue weighted by molar-refractivity contribution is 6.12. The molecule has 0 aliphatic rings. The maximum Gasteiger partial charge on any atom is 0.164 e. The lowest BCUT2D eigenvalue weighted by Crippen LogP contribution is -2.00. The van der Waals surface area contributed by atoms with Crippen LogP contribution in [0.3, 0.4) is 0 Å². The molecule has 0 bridgehead atoms. The second kappa shape index (κ2) is 12.9. The van der Waals surface area contributed by atoms with Gasteiger partial charge in [0.15, 0.2) is 17.5 Å². The summed E-state index contributed by atoms with van der Waals surface area (Å²) < 4.78 is 6.43. The van der Waals surface area contributed by atoms with Crippen molar-refractivity contribution >= 4 is 32.7 Å². The molecule has 0 atom stereocenters. The van der Waals surface area contributed by atoms with Gasteiger partial charge in [-0.2, -0.15) is 0 Å². The van der Waals surface area contributed by atoms with Crippen LogP contribution in [0.1, 0.15) is 0 Å². The van der Waals surface area contributed by atoms with Crippen LogP contribution < -0.4 is 0 Å². The van der Waals surface area contributed by atoms with E-state index in [0.717, 1.165) is 55.3 Å². The van der Waals surface area contributed by atoms with Crippen molar-refractivity contribution in [3.63, 3.8) is 0 Å². The monoisotopic (exact) mass is 677 g/mol. The Morgan fingerprint density at radius 3 is 1.49 bits per heavy atom. The summed E-state index contributed by atoms with van der Waals surface area (Å²) in [7, 11) is 0. The fourth-order valence-corrected chi connectivity index (χ4v) is 7.20. The second-order valence-electron chi connectivity index (χ2n) is 13.2. The number of rotatable bonds is 6. The summed E-state index contributed by atoms with van der Waals surface area (Å²) >= 11 is 0. The van der Waals surface area contributed by atoms with Gasteiger partial charge in [0, 0.05) is 27.5 Å². The zero-order chi connectivity index (χ0) is 35.1. The smallest absolute Gasteiger partial charge is 0.164 e. The van der Waals surface area contributed by atoms with Gasteiger partial charge in [0.2, 0.25) is 0 Å². The topological polar surface area (TPSA) is 51.8 Å². The minimum atomic E-state index is 0.597. The number of aromatic nitrogens is 3. The molecule has 2 aromatic heterocycles. The highest BCUT2D eigenvalue weighted by Gasteiger charge is 2.18. The van der Waals surface area contributed by atoms with Gasteiger partial charge in [0.25, 0.3) is 0 Å². The average Bonchev–Trinajstić information content (AvgIpc) is 3.62. The summed E-state index contributed by atoms with van der Waals surface area (Å²) in [6.45, 7) is 0. The molecule has 0 amide bonds. The van der Waals surface area contributed by atoms with Gasteiger partial charge in [-0.1, -0.05) is 164 Å². The lowest BCUT2D eigenvalue weighted by atomic mass is 9.97. The molecule has 53 heavy (non-hydrogen) atoms. The van der Waals surface area contributed by atoms with E-state index in [1.807, 2.05) is 48.5 Å². The number of fused-ring (bicyclic) bond motifs is 4. The Kier molecular flexibility index (Phi) is 7.43. The molecular weight excluding hydrogens is 647 g/mol. The molecule has 0 unspecified atom stereocenters. The molecule has 10 rings (SSSR count). The molecule has 0 saturated heterocycles. The van der Waals surface area contributed by atoms with E-state index in [0.29, 0.717) is 17.5 Å². The third-order valence-corrected chi connectivity index (χ3v) is 9.95. The van der Waals surface area contributed by atoms with Gasteiger partial charge in [-0.3, -0.25) is 0 Å². The number of benzene rings is 8. The van der Waals surface area contributed by atoms with E-state index in [-0.39, 0.29) is 0 Å². The molecule has 0 fully saturated rings. The predicted octanol–water partition coefficient (Wildman–Crippen LogP) is 12.9. The van der Waals surface area contributed by atoms with Crippen LogP contribution in [-0.4, -0.2) is 15.0 Å². The summed E-state index contributed by atoms with van der Waals surface area (Å²) in [6.07, 6.45) is 0. The first kappa shape index (κ1) is 30.6. The summed E-state index contributed by atoms with van der Waals surface area (Å²) in [6, 6.07) is 65.3. The normalized spacial score (nSPS) is 11.4. The van der Waals surface area contributed by atoms with Crippen LogP contribution in [0.15, 0.2) is 192 Å². The van der Waals surface area contributed by atoms with Crippen LogP contribution in [0.4, 0.5) is 0 Å². The minimum Gasteiger partial charge on any atom is -0.456 e. The Balaban J connectivity index is 1.07. The van der Waals surface area contributed by atoms with Crippen molar-refractivity contribution < 1.29 is 4.42 Å². The van der Waals surface area contributed by atoms with Gasteiger partial charge in [-0.15, -0.1) is 0 Å². The lowest BCUT2D eigenvalue weighted by molar-refractivity contribution is 0.669. The lowest BCUT2D eigenvalue weighted by Gasteiger charge is -2.10. The molecule has 248 valence electrons. The molecule has 0 aliphatic heterocycles. The van der Waals surface area contributed by atoms with Crippen LogP contribution in [0.25, 0.3) is 100 Å². The molecular formula is C49H31N3O. The quantitative estimate of drug-likeness (QED) is 0.176. The van der Waals surface area contributed by atoms with Crippen LogP contribution >= 0.6 is 0 Å². The number of furan rings is 1. The third kappa shape index (κ3) is 5.73. The Morgan fingerprint density at radius 1 is 0.302 bits per heavy atom. The van der Waals surface area contributed by atoms with Crippen molar-refractivity contribution in [2.45, 2.75) is 0 Å². The molecule has 0 aliphatic carbocycles. The van der Waals surface area contributed by atoms with E-state index in [1.54, 1.807) is 0 Å². The highest BCUT2D eigenvalue weighted by Crippen LogP contribution is 2.39. The molecule has 0 saturated carbocycles. The number of nitrogens with zero attached hydrogens (tertiary/aromatic N) is 3. The maximum atomic E-state index is 6.43. The van der Waals surface area contributed by atoms with Crippen molar-refractivity contribution in [3.8, 4) is 67.5 Å². The molecule has 2 heterocycles. The van der Waals surface area contributed by atoms with Crippen molar-refractivity contribution in [3.05, 3.63) is 188 Å². The van der Waals surface area contributed by atoms with E-state index >= 15 is 0 Å². The van der Waals surface area contributed by atoms with Crippen LogP contribution in [0.2, 0.25) is 0 Å². The van der Waals surface area contributed by atoms with E-state index in [4.69, 9.17) is 19.4 Å². The SMILES string of the molecule is c1ccc(-c2ccc(-c3nc(-c4ccccc4)nc(-c4cccc5oc6ccc(-c7ccc(-c8ccc9ccccc9c8)cc7)cc6c45)n3)cc2)cc1. The summed E-state index contributed by atoms with van der Waals surface area (Å²) in [5.41, 5.74) is 11.3. The summed E-state index contributed by atoms with van der Waals surface area (Å²) in [5, 5.41) is 4.48. The summed E-state index contributed by atoms with van der Waals surface area (Å²) in [4.78, 5) is 15.2. The van der Waals surface area contributed by atoms with Gasteiger partial charge in [-0.25, -0.2) is 15.0 Å². The molecule has 4 nitrogen and oxygen atoms in total. The first-order valence-corrected chi connectivity index (χ1v) is 17.8. The van der Waals surface area contributed by atoms with Gasteiger partial charge < -0.3 is 4.42 Å². The molecule has 0 radical (unpaired) electrons. The highest BCUT2D eigenvalue weighted by atomic mass is 16.3. The Bertz CT molecular complexity index is 2910. The standard InChI is InChI=1S/C49H31N3O/c1-3-10-32(11-4-1)34-22-25-38(26-23-34)48-50-47(37-13-5-2-6-14-37)51-49(52-48)42-16-9-17-45-46(42)43-31-41(28-29-44(43)53-45)36-20-18-35(19-21-36)40-27-24-33-12-7-8-15-39(33)30-40/h1-31H. The Hall–Kier alpha value is -7.17. The van der Waals surface area contributed by atoms with Crippen molar-refractivity contribution in [1.82, 2.24) is 15.0 Å². The molecule has 0 N–H and O–H groups in total. The largest absolute Gasteiger partial charge is 0.456 e. The van der Waals surface area contributed by atoms with E-state index in [1.165, 1.54) is 27.5 Å². The van der Waals surface area contributed by atoms with Gasteiger partial charge in [0.1, 0.15) is 11.2 Å². The third-order valence-electron chi connectivity index (χ3n) is 9.95. The number of hydrogen-bond acceptors (Lipinski definition) is 4. The molecule has 10 aromatic rings. The van der Waals surface area contributed by atoms with Gasteiger partial charge >= 0.3 is 0 Å². The van der Waals surface area contributed by atoms with Crippen LogP contribution in [-0.2, 0) is 0 Å². The zero-order valence-electron chi connectivity index (χ0n) is 28.6. The van der Waals surface area contributed by atoms with Gasteiger partial charge in [-0.05, 0) is 68.4 Å². The van der Waals surface area contributed by atoms with Gasteiger partial charge in [0.05, 0.1) is 0 Å². The minimum absolute atomic E-state index is 0.597. The Morgan fingerprint density at radius 2 is 0.792 bits per heavy atom. The predicted molar refractivity (Wildman–Crippen MR) is 217 cm³/mol. The van der Waals surface area contributed by atoms with E-state index in [2.05, 4.69) is 140 Å². The van der Waals surface area contributed by atoms with Crippen LogP contribution in [0, 0.1) is 0 Å². The first-order valence-electron chi connectivity index (χ1n) is 17.8. The first-order chi connectivity index (χ1) is 26.2. The zero-order valence-corrected chi connectivity index (χ0v) is 28.6. The maximum absolute atomic E-state index is 6.43. The van der Waals surface area contributed by atoms with Crippen molar-refractivity contribution in [2.75, 3.05) is 0 Å². The van der Waals surface area contributed by atoms with Crippen LogP contribution in [0.5, 0.6) is 0 Å². The molecule has 8 aromatic carbocycles. The summed E-state index contributed by atoms with van der Waals surface area (Å²) in [5.74, 6) is 1.83. The molecule has 0 spiro atoms. The molecule has 4 heteroatoms. The van der Waals surface area contributed by atoms with E-state index < -0.39 is 0 Å². The van der Waals surface area contributed by atoms with Crippen molar-refractivity contribution in [2.24, 2.45) is 0 Å².